The van der Waals surface area contributed by atoms with E-state index in [0.717, 1.165) is 23.9 Å². The van der Waals surface area contributed by atoms with Crippen molar-refractivity contribution in [2.75, 3.05) is 11.1 Å². The van der Waals surface area contributed by atoms with Crippen LogP contribution in [0, 0.1) is 11.6 Å². The van der Waals surface area contributed by atoms with Crippen LogP contribution in [0.1, 0.15) is 18.9 Å². The number of hydrogen-bond donors (Lipinski definition) is 1. The number of aromatic nitrogens is 3. The number of benzene rings is 2. The molecule has 1 N–H and O–H groups in total. The van der Waals surface area contributed by atoms with Crippen LogP contribution in [-0.2, 0) is 11.8 Å². The Hall–Kier alpha value is -2.36. The summed E-state index contributed by atoms with van der Waals surface area (Å²) in [5.74, 6) is -1.43. The number of nitrogens with one attached hydrogen (secondary N) is 1. The van der Waals surface area contributed by atoms with Gasteiger partial charge in [0.2, 0.25) is 5.91 Å². The third-order valence-electron chi connectivity index (χ3n) is 3.99. The number of amides is 1. The molecule has 2 aromatic carbocycles. The second-order valence-electron chi connectivity index (χ2n) is 6.17. The van der Waals surface area contributed by atoms with E-state index in [1.165, 1.54) is 6.07 Å². The molecule has 0 spiro atoms. The minimum absolute atomic E-state index is 0.0522. The number of anilines is 1. The van der Waals surface area contributed by atoms with Crippen LogP contribution in [0.15, 0.2) is 41.6 Å². The number of thioether (sulfide) groups is 1. The molecule has 0 aliphatic carbocycles. The van der Waals surface area contributed by atoms with Gasteiger partial charge in [-0.1, -0.05) is 41.0 Å². The van der Waals surface area contributed by atoms with Gasteiger partial charge in [0, 0.05) is 13.1 Å². The highest BCUT2D eigenvalue weighted by Crippen LogP contribution is 2.30. The molecule has 6 nitrogen and oxygen atoms in total. The zero-order chi connectivity index (χ0) is 21.8. The molecule has 158 valence electrons. The number of nitrogens with zero attached hydrogens (tertiary/aromatic N) is 3. The average Bonchev–Trinajstić information content (AvgIpc) is 3.06. The molecule has 1 unspecified atom stereocenters. The van der Waals surface area contributed by atoms with Gasteiger partial charge >= 0.3 is 0 Å². The Morgan fingerprint density at radius 1 is 1.27 bits per heavy atom. The Labute approximate surface area is 185 Å². The Kier molecular flexibility index (Phi) is 7.17. The summed E-state index contributed by atoms with van der Waals surface area (Å²) in [6, 6.07) is 8.00. The van der Waals surface area contributed by atoms with Gasteiger partial charge in [0.1, 0.15) is 5.82 Å². The van der Waals surface area contributed by atoms with Crippen LogP contribution < -0.4 is 10.1 Å². The third-order valence-corrected chi connectivity index (χ3v) is 5.83. The van der Waals surface area contributed by atoms with Gasteiger partial charge < -0.3 is 14.6 Å². The lowest BCUT2D eigenvalue weighted by Crippen LogP contribution is -2.15. The largest absolute Gasteiger partial charge is 0.480 e. The Morgan fingerprint density at radius 2 is 2.03 bits per heavy atom. The predicted octanol–water partition coefficient (Wildman–Crippen LogP) is 5.27. The smallest absolute Gasteiger partial charge is 0.234 e. The minimum atomic E-state index is -0.810. The van der Waals surface area contributed by atoms with Crippen LogP contribution in [0.3, 0.4) is 0 Å². The molecule has 0 aliphatic rings. The number of carbonyl (C=O) groups excluding carboxylic acids is 1. The lowest BCUT2D eigenvalue weighted by atomic mass is 10.3. The molecule has 11 heteroatoms. The standard InChI is InChI=1S/C19H16Cl2F2N4O2S/c1-10(29-15-7-6-11(22)8-13(15)23)18-25-26-19(27(18)2)30-9-16(28)24-14-5-3-4-12(20)17(14)21/h3-8,10H,9H2,1-2H3,(H,24,28). The zero-order valence-electron chi connectivity index (χ0n) is 15.8. The molecule has 0 saturated heterocycles. The second-order valence-corrected chi connectivity index (χ2v) is 7.90. The van der Waals surface area contributed by atoms with Crippen LogP contribution in [0.25, 0.3) is 0 Å². The minimum Gasteiger partial charge on any atom is -0.480 e. The Morgan fingerprint density at radius 3 is 2.77 bits per heavy atom. The van der Waals surface area contributed by atoms with E-state index in [0.29, 0.717) is 21.7 Å². The summed E-state index contributed by atoms with van der Waals surface area (Å²) in [7, 11) is 1.70. The van der Waals surface area contributed by atoms with Gasteiger partial charge in [-0.3, -0.25) is 4.79 Å². The first kappa shape index (κ1) is 22.3. The van der Waals surface area contributed by atoms with Crippen molar-refractivity contribution in [3.63, 3.8) is 0 Å². The SMILES string of the molecule is CC(Oc1ccc(F)cc1F)c1nnc(SCC(=O)Nc2cccc(Cl)c2Cl)n1C. The predicted molar refractivity (Wildman–Crippen MR) is 112 cm³/mol. The molecule has 30 heavy (non-hydrogen) atoms. The Balaban J connectivity index is 1.62. The monoisotopic (exact) mass is 472 g/mol. The Bertz CT molecular complexity index is 1080. The summed E-state index contributed by atoms with van der Waals surface area (Å²) in [4.78, 5) is 12.2. The van der Waals surface area contributed by atoms with E-state index in [2.05, 4.69) is 15.5 Å². The van der Waals surface area contributed by atoms with Crippen molar-refractivity contribution in [1.82, 2.24) is 14.8 Å². The molecule has 0 radical (unpaired) electrons. The highest BCUT2D eigenvalue weighted by molar-refractivity contribution is 7.99. The molecule has 1 atom stereocenters. The molecular weight excluding hydrogens is 457 g/mol. The summed E-state index contributed by atoms with van der Waals surface area (Å²) < 4.78 is 34.0. The maximum atomic E-state index is 13.8. The van der Waals surface area contributed by atoms with Crippen molar-refractivity contribution in [3.05, 3.63) is 63.9 Å². The number of rotatable bonds is 7. The maximum absolute atomic E-state index is 13.8. The summed E-state index contributed by atoms with van der Waals surface area (Å²) in [5.41, 5.74) is 0.414. The number of ether oxygens (including phenoxy) is 1. The molecule has 1 amide bonds. The van der Waals surface area contributed by atoms with Crippen LogP contribution >= 0.6 is 35.0 Å². The fourth-order valence-electron chi connectivity index (χ4n) is 2.54. The van der Waals surface area contributed by atoms with Crippen LogP contribution in [0.5, 0.6) is 5.75 Å². The van der Waals surface area contributed by atoms with E-state index >= 15 is 0 Å². The molecular formula is C19H16Cl2F2N4O2S. The molecule has 0 aliphatic heterocycles. The van der Waals surface area contributed by atoms with Crippen LogP contribution in [0.4, 0.5) is 14.5 Å². The maximum Gasteiger partial charge on any atom is 0.234 e. The van der Waals surface area contributed by atoms with Crippen LogP contribution in [-0.4, -0.2) is 26.4 Å². The quantitative estimate of drug-likeness (QED) is 0.474. The normalized spacial score (nSPS) is 11.9. The van der Waals surface area contributed by atoms with Crippen molar-refractivity contribution in [1.29, 1.82) is 0 Å². The van der Waals surface area contributed by atoms with E-state index in [1.54, 1.807) is 36.7 Å². The van der Waals surface area contributed by atoms with Crippen molar-refractivity contribution in [3.8, 4) is 5.75 Å². The molecule has 0 fully saturated rings. The lowest BCUT2D eigenvalue weighted by molar-refractivity contribution is -0.113. The van der Waals surface area contributed by atoms with E-state index in [4.69, 9.17) is 27.9 Å². The number of halogens is 4. The van der Waals surface area contributed by atoms with Crippen molar-refractivity contribution >= 4 is 46.6 Å². The molecule has 0 bridgehead atoms. The fraction of sp³-hybridized carbons (Fsp3) is 0.211. The summed E-state index contributed by atoms with van der Waals surface area (Å²) >= 11 is 13.2. The van der Waals surface area contributed by atoms with E-state index in [1.807, 2.05) is 0 Å². The van der Waals surface area contributed by atoms with Gasteiger partial charge in [-0.15, -0.1) is 10.2 Å². The first-order valence-corrected chi connectivity index (χ1v) is 10.4. The number of carbonyl (C=O) groups is 1. The third kappa shape index (κ3) is 5.21. The molecule has 3 rings (SSSR count). The van der Waals surface area contributed by atoms with Gasteiger partial charge in [-0.05, 0) is 31.2 Å². The molecule has 0 saturated carbocycles. The molecule has 1 heterocycles. The van der Waals surface area contributed by atoms with Gasteiger partial charge in [0.05, 0.1) is 21.5 Å². The molecule has 3 aromatic rings. The van der Waals surface area contributed by atoms with Gasteiger partial charge in [-0.2, -0.15) is 0 Å². The van der Waals surface area contributed by atoms with Crippen molar-refractivity contribution in [2.24, 2.45) is 7.05 Å². The first-order valence-electron chi connectivity index (χ1n) is 8.64. The summed E-state index contributed by atoms with van der Waals surface area (Å²) in [6.45, 7) is 1.66. The van der Waals surface area contributed by atoms with Crippen LogP contribution in [0.2, 0.25) is 10.0 Å². The van der Waals surface area contributed by atoms with Gasteiger partial charge in [0.15, 0.2) is 28.7 Å². The van der Waals surface area contributed by atoms with Crippen molar-refractivity contribution < 1.29 is 18.3 Å². The van der Waals surface area contributed by atoms with E-state index in [-0.39, 0.29) is 22.4 Å². The highest BCUT2D eigenvalue weighted by Gasteiger charge is 2.19. The fourth-order valence-corrected chi connectivity index (χ4v) is 3.60. The number of hydrogen-bond acceptors (Lipinski definition) is 5. The highest BCUT2D eigenvalue weighted by atomic mass is 35.5. The summed E-state index contributed by atoms with van der Waals surface area (Å²) in [6.07, 6.45) is -0.657. The van der Waals surface area contributed by atoms with E-state index in [9.17, 15) is 13.6 Å². The van der Waals surface area contributed by atoms with E-state index < -0.39 is 17.7 Å². The second kappa shape index (κ2) is 9.63. The first-order chi connectivity index (χ1) is 14.3. The van der Waals surface area contributed by atoms with Gasteiger partial charge in [-0.25, -0.2) is 8.78 Å². The average molecular weight is 473 g/mol. The summed E-state index contributed by atoms with van der Waals surface area (Å²) in [5, 5.41) is 11.8. The topological polar surface area (TPSA) is 69.0 Å². The zero-order valence-corrected chi connectivity index (χ0v) is 18.2. The van der Waals surface area contributed by atoms with Crippen molar-refractivity contribution in [2.45, 2.75) is 18.2 Å². The molecule has 1 aromatic heterocycles. The lowest BCUT2D eigenvalue weighted by Gasteiger charge is -2.14. The van der Waals surface area contributed by atoms with Gasteiger partial charge in [0.25, 0.3) is 0 Å².